The van der Waals surface area contributed by atoms with Crippen LogP contribution in [0.5, 0.6) is 0 Å². The maximum atomic E-state index is 5.64. The van der Waals surface area contributed by atoms with Crippen LogP contribution in [0.25, 0.3) is 0 Å². The van der Waals surface area contributed by atoms with Crippen molar-refractivity contribution in [2.45, 2.75) is 26.7 Å². The molecule has 17 heavy (non-hydrogen) atoms. The van der Waals surface area contributed by atoms with E-state index in [0.29, 0.717) is 0 Å². The van der Waals surface area contributed by atoms with E-state index >= 15 is 0 Å². The van der Waals surface area contributed by atoms with Gasteiger partial charge in [-0.3, -0.25) is 0 Å². The van der Waals surface area contributed by atoms with Gasteiger partial charge in [-0.2, -0.15) is 10.1 Å². The lowest BCUT2D eigenvalue weighted by molar-refractivity contribution is -0.348. The molecule has 5 nitrogen and oxygen atoms in total. The van der Waals surface area contributed by atoms with E-state index in [0.717, 1.165) is 52.6 Å². The van der Waals surface area contributed by atoms with Crippen LogP contribution in [0.3, 0.4) is 0 Å². The predicted octanol–water partition coefficient (Wildman–Crippen LogP) is 1.30. The summed E-state index contributed by atoms with van der Waals surface area (Å²) in [5.41, 5.74) is 0. The average Bonchev–Trinajstić information content (AvgIpc) is 2.41. The van der Waals surface area contributed by atoms with Crippen LogP contribution in [-0.2, 0) is 14.4 Å². The fourth-order valence-corrected chi connectivity index (χ4v) is 1.42. The van der Waals surface area contributed by atoms with E-state index in [9.17, 15) is 0 Å². The number of ether oxygens (including phenoxy) is 2. The average molecular weight is 246 g/mol. The topological polar surface area (TPSA) is 34.2 Å². The van der Waals surface area contributed by atoms with Gasteiger partial charge in [0.2, 0.25) is 0 Å². The minimum absolute atomic E-state index is 0.768. The number of hydroxylamine groups is 4. The predicted molar refractivity (Wildman–Crippen MR) is 66.5 cm³/mol. The molecule has 0 amide bonds. The molecule has 0 unspecified atom stereocenters. The maximum Gasteiger partial charge on any atom is 0.0618 e. The van der Waals surface area contributed by atoms with E-state index in [1.807, 2.05) is 10.1 Å². The maximum absolute atomic E-state index is 5.64. The highest BCUT2D eigenvalue weighted by molar-refractivity contribution is 4.54. The first-order chi connectivity index (χ1) is 8.36. The van der Waals surface area contributed by atoms with Crippen LogP contribution < -0.4 is 0 Å². The van der Waals surface area contributed by atoms with Crippen molar-refractivity contribution in [1.29, 1.82) is 0 Å². The van der Waals surface area contributed by atoms with E-state index in [1.54, 1.807) is 0 Å². The molecule has 0 aromatic rings. The third-order valence-corrected chi connectivity index (χ3v) is 2.67. The molecule has 0 spiro atoms. The fraction of sp³-hybridized carbons (Fsp3) is 1.00. The van der Waals surface area contributed by atoms with Crippen molar-refractivity contribution in [1.82, 2.24) is 10.1 Å². The molecular weight excluding hydrogens is 220 g/mol. The van der Waals surface area contributed by atoms with E-state index in [2.05, 4.69) is 13.8 Å². The lowest BCUT2D eigenvalue weighted by atomic mass is 10.4. The number of hydrogen-bond donors (Lipinski definition) is 0. The van der Waals surface area contributed by atoms with E-state index < -0.39 is 0 Å². The molecule has 2 aliphatic rings. The monoisotopic (exact) mass is 246 g/mol. The molecule has 0 bridgehead atoms. The van der Waals surface area contributed by atoms with Gasteiger partial charge < -0.3 is 9.47 Å². The summed E-state index contributed by atoms with van der Waals surface area (Å²) in [4.78, 5) is 5.64. The van der Waals surface area contributed by atoms with Gasteiger partial charge >= 0.3 is 0 Å². The second kappa shape index (κ2) is 9.79. The standard InChI is InChI=1S/C8H16N2O3.C4H10/c1-5-11-6-2-9(1)13-10-3-7-12-8-4-10;1-3-4-2/h1-8H2;3-4H2,1-2H3. The Hall–Kier alpha value is -0.200. The molecular formula is C12H26N2O3. The van der Waals surface area contributed by atoms with E-state index in [4.69, 9.17) is 14.4 Å². The molecule has 2 rings (SSSR count). The quantitative estimate of drug-likeness (QED) is 0.750. The van der Waals surface area contributed by atoms with Gasteiger partial charge in [0.05, 0.1) is 26.4 Å². The van der Waals surface area contributed by atoms with Crippen LogP contribution >= 0.6 is 0 Å². The summed E-state index contributed by atoms with van der Waals surface area (Å²) in [6, 6.07) is 0. The van der Waals surface area contributed by atoms with Crippen LogP contribution in [0.15, 0.2) is 0 Å². The van der Waals surface area contributed by atoms with E-state index in [1.165, 1.54) is 12.8 Å². The van der Waals surface area contributed by atoms with Crippen LogP contribution in [0.4, 0.5) is 0 Å². The summed E-state index contributed by atoms with van der Waals surface area (Å²) in [6.07, 6.45) is 2.64. The lowest BCUT2D eigenvalue weighted by Gasteiger charge is -2.33. The molecule has 0 N–H and O–H groups in total. The molecule has 0 aromatic carbocycles. The van der Waals surface area contributed by atoms with Gasteiger partial charge in [-0.05, 0) is 0 Å². The van der Waals surface area contributed by atoms with Crippen LogP contribution in [0.2, 0.25) is 0 Å². The van der Waals surface area contributed by atoms with Crippen LogP contribution in [0, 0.1) is 0 Å². The Bertz CT molecular complexity index is 151. The zero-order valence-electron chi connectivity index (χ0n) is 11.2. The Kier molecular flexibility index (Phi) is 8.56. The van der Waals surface area contributed by atoms with Gasteiger partial charge in [0.1, 0.15) is 0 Å². The van der Waals surface area contributed by atoms with Crippen molar-refractivity contribution in [3.63, 3.8) is 0 Å². The smallest absolute Gasteiger partial charge is 0.0618 e. The normalized spacial score (nSPS) is 22.9. The van der Waals surface area contributed by atoms with Crippen molar-refractivity contribution < 1.29 is 14.4 Å². The number of nitrogens with zero attached hydrogens (tertiary/aromatic N) is 2. The summed E-state index contributed by atoms with van der Waals surface area (Å²) >= 11 is 0. The number of rotatable bonds is 3. The van der Waals surface area contributed by atoms with Crippen molar-refractivity contribution in [2.24, 2.45) is 0 Å². The van der Waals surface area contributed by atoms with E-state index in [-0.39, 0.29) is 0 Å². The SMILES string of the molecule is C1CN(ON2CCOCC2)CCO1.CCCC. The first-order valence-electron chi connectivity index (χ1n) is 6.70. The van der Waals surface area contributed by atoms with Crippen LogP contribution in [0.1, 0.15) is 26.7 Å². The minimum Gasteiger partial charge on any atom is -0.379 e. The Morgan fingerprint density at radius 1 is 0.765 bits per heavy atom. The molecule has 102 valence electrons. The number of hydrogen-bond acceptors (Lipinski definition) is 5. The summed E-state index contributed by atoms with van der Waals surface area (Å²) in [6.45, 7) is 10.9. The summed E-state index contributed by atoms with van der Waals surface area (Å²) in [5, 5.41) is 3.91. The molecule has 2 aliphatic heterocycles. The highest BCUT2D eigenvalue weighted by Crippen LogP contribution is 2.03. The summed E-state index contributed by atoms with van der Waals surface area (Å²) in [7, 11) is 0. The Morgan fingerprint density at radius 2 is 1.12 bits per heavy atom. The largest absolute Gasteiger partial charge is 0.379 e. The fourth-order valence-electron chi connectivity index (χ4n) is 1.42. The molecule has 0 saturated carbocycles. The summed E-state index contributed by atoms with van der Waals surface area (Å²) < 4.78 is 10.4. The Morgan fingerprint density at radius 3 is 1.41 bits per heavy atom. The molecule has 2 heterocycles. The van der Waals surface area contributed by atoms with Crippen LogP contribution in [-0.4, -0.2) is 62.7 Å². The Balaban J connectivity index is 0.000000317. The van der Waals surface area contributed by atoms with Gasteiger partial charge in [-0.1, -0.05) is 26.7 Å². The molecule has 0 atom stereocenters. The second-order valence-electron chi connectivity index (χ2n) is 4.16. The molecule has 2 saturated heterocycles. The van der Waals surface area contributed by atoms with Gasteiger partial charge in [0.25, 0.3) is 0 Å². The zero-order valence-corrected chi connectivity index (χ0v) is 11.2. The van der Waals surface area contributed by atoms with Gasteiger partial charge in [-0.15, -0.1) is 0 Å². The molecule has 5 heteroatoms. The number of unbranched alkanes of at least 4 members (excludes halogenated alkanes) is 1. The number of morpholine rings is 2. The first-order valence-corrected chi connectivity index (χ1v) is 6.70. The van der Waals surface area contributed by atoms with Gasteiger partial charge in [0.15, 0.2) is 0 Å². The van der Waals surface area contributed by atoms with Gasteiger partial charge in [0, 0.05) is 26.2 Å². The minimum atomic E-state index is 0.768. The van der Waals surface area contributed by atoms with Gasteiger partial charge in [-0.25, -0.2) is 4.94 Å². The Labute approximate surface area is 105 Å². The van der Waals surface area contributed by atoms with Crippen molar-refractivity contribution in [3.05, 3.63) is 0 Å². The van der Waals surface area contributed by atoms with Crippen molar-refractivity contribution >= 4 is 0 Å². The van der Waals surface area contributed by atoms with Crippen molar-refractivity contribution in [3.8, 4) is 0 Å². The molecule has 0 aliphatic carbocycles. The first kappa shape index (κ1) is 14.9. The molecule has 2 fully saturated rings. The summed E-state index contributed by atoms with van der Waals surface area (Å²) in [5.74, 6) is 0. The highest BCUT2D eigenvalue weighted by atomic mass is 16.8. The highest BCUT2D eigenvalue weighted by Gasteiger charge is 2.17. The second-order valence-corrected chi connectivity index (χ2v) is 4.16. The third-order valence-electron chi connectivity index (χ3n) is 2.67. The zero-order chi connectivity index (χ0) is 12.3. The molecule has 0 radical (unpaired) electrons. The third kappa shape index (κ3) is 6.95. The molecule has 0 aromatic heterocycles. The van der Waals surface area contributed by atoms with Crippen molar-refractivity contribution in [2.75, 3.05) is 52.6 Å². The lowest BCUT2D eigenvalue weighted by Crippen LogP contribution is -2.45.